The van der Waals surface area contributed by atoms with Crippen LogP contribution in [0.4, 0.5) is 4.39 Å². The average molecular weight is 393 g/mol. The lowest BCUT2D eigenvalue weighted by Crippen LogP contribution is -2.34. The summed E-state index contributed by atoms with van der Waals surface area (Å²) in [5.74, 6) is -1.01. The van der Waals surface area contributed by atoms with Crippen LogP contribution in [0.15, 0.2) is 53.4 Å². The van der Waals surface area contributed by atoms with E-state index in [1.807, 2.05) is 31.2 Å². The Balaban J connectivity index is 2.04. The van der Waals surface area contributed by atoms with Gasteiger partial charge in [0.2, 0.25) is 5.91 Å². The van der Waals surface area contributed by atoms with E-state index >= 15 is 0 Å². The second kappa shape index (κ2) is 9.10. The number of halogens is 1. The lowest BCUT2D eigenvalue weighted by molar-refractivity contribution is -0.122. The first kappa shape index (κ1) is 21.1. The van der Waals surface area contributed by atoms with Crippen molar-refractivity contribution >= 4 is 15.7 Å². The molecule has 0 aliphatic rings. The normalized spacial score (nSPS) is 13.8. The molecule has 0 aromatic heterocycles. The highest BCUT2D eigenvalue weighted by Gasteiger charge is 2.26. The lowest BCUT2D eigenvalue weighted by atomic mass is 10.0. The summed E-state index contributed by atoms with van der Waals surface area (Å²) in [7, 11) is -3.76. The summed E-state index contributed by atoms with van der Waals surface area (Å²) >= 11 is 0. The van der Waals surface area contributed by atoms with E-state index in [2.05, 4.69) is 5.32 Å². The van der Waals surface area contributed by atoms with Gasteiger partial charge in [0.25, 0.3) is 0 Å². The summed E-state index contributed by atoms with van der Waals surface area (Å²) in [4.78, 5) is 12.3. The fourth-order valence-electron chi connectivity index (χ4n) is 2.70. The van der Waals surface area contributed by atoms with Crippen molar-refractivity contribution in [1.29, 1.82) is 0 Å². The minimum Gasteiger partial charge on any atom is -0.394 e. The molecule has 2 rings (SSSR count). The number of amides is 1. The zero-order chi connectivity index (χ0) is 20.0. The summed E-state index contributed by atoms with van der Waals surface area (Å²) in [6, 6.07) is 11.4. The van der Waals surface area contributed by atoms with Crippen LogP contribution in [0.1, 0.15) is 37.4 Å². The number of nitrogens with one attached hydrogen (secondary N) is 1. The molecule has 5 nitrogen and oxygen atoms in total. The second-order valence-electron chi connectivity index (χ2n) is 6.41. The van der Waals surface area contributed by atoms with Crippen molar-refractivity contribution in [2.24, 2.45) is 0 Å². The molecule has 1 amide bonds. The number of aryl methyl sites for hydroxylation is 1. The molecule has 0 spiro atoms. The molecule has 0 saturated heterocycles. The van der Waals surface area contributed by atoms with Crippen molar-refractivity contribution in [2.75, 3.05) is 6.61 Å². The Kier molecular flexibility index (Phi) is 7.10. The van der Waals surface area contributed by atoms with E-state index in [9.17, 15) is 22.7 Å². The van der Waals surface area contributed by atoms with Crippen LogP contribution in [0.3, 0.4) is 0 Å². The zero-order valence-electron chi connectivity index (χ0n) is 15.4. The molecular weight excluding hydrogens is 369 g/mol. The van der Waals surface area contributed by atoms with Crippen LogP contribution in [-0.2, 0) is 21.1 Å². The first-order chi connectivity index (χ1) is 12.8. The molecule has 0 aliphatic carbocycles. The Labute approximate surface area is 159 Å². The third kappa shape index (κ3) is 5.37. The van der Waals surface area contributed by atoms with Crippen LogP contribution in [0, 0.1) is 5.82 Å². The molecule has 0 aliphatic heterocycles. The molecule has 0 fully saturated rings. The van der Waals surface area contributed by atoms with E-state index in [4.69, 9.17) is 0 Å². The van der Waals surface area contributed by atoms with Gasteiger partial charge in [-0.3, -0.25) is 4.79 Å². The number of aliphatic hydroxyl groups is 1. The van der Waals surface area contributed by atoms with E-state index in [-0.39, 0.29) is 17.9 Å². The van der Waals surface area contributed by atoms with Gasteiger partial charge in [-0.05, 0) is 48.7 Å². The number of sulfone groups is 1. The maximum Gasteiger partial charge on any atom is 0.221 e. The van der Waals surface area contributed by atoms with Crippen molar-refractivity contribution in [3.8, 4) is 0 Å². The Morgan fingerprint density at radius 1 is 1.11 bits per heavy atom. The van der Waals surface area contributed by atoms with Crippen LogP contribution in [-0.4, -0.2) is 31.3 Å². The largest absolute Gasteiger partial charge is 0.394 e. The van der Waals surface area contributed by atoms with Gasteiger partial charge in [-0.2, -0.15) is 0 Å². The molecule has 0 saturated carbocycles. The summed E-state index contributed by atoms with van der Waals surface area (Å²) in [6.07, 6.45) is 0.623. The molecule has 2 unspecified atom stereocenters. The standard InChI is InChI=1S/C20H24FNO4S/c1-3-15-4-6-16(7-5-15)19(13-23)22-20(24)12-14(2)27(25,26)18-10-8-17(21)9-11-18/h4-11,14,19,23H,3,12-13H2,1-2H3,(H,22,24). The summed E-state index contributed by atoms with van der Waals surface area (Å²) in [5.41, 5.74) is 1.89. The fourth-order valence-corrected chi connectivity index (χ4v) is 4.05. The second-order valence-corrected chi connectivity index (χ2v) is 8.78. The predicted molar refractivity (Wildman–Crippen MR) is 101 cm³/mol. The summed E-state index contributed by atoms with van der Waals surface area (Å²) < 4.78 is 38.0. The zero-order valence-corrected chi connectivity index (χ0v) is 16.2. The third-order valence-electron chi connectivity index (χ3n) is 4.45. The van der Waals surface area contributed by atoms with E-state index in [1.165, 1.54) is 19.1 Å². The predicted octanol–water partition coefficient (Wildman–Crippen LogP) is 2.79. The molecular formula is C20H24FNO4S. The number of aliphatic hydroxyl groups excluding tert-OH is 1. The number of carbonyl (C=O) groups excluding carboxylic acids is 1. The SMILES string of the molecule is CCc1ccc(C(CO)NC(=O)CC(C)S(=O)(=O)c2ccc(F)cc2)cc1. The molecule has 2 atom stereocenters. The van der Waals surface area contributed by atoms with Crippen LogP contribution in [0.25, 0.3) is 0 Å². The summed E-state index contributed by atoms with van der Waals surface area (Å²) in [5, 5.41) is 11.3. The Morgan fingerprint density at radius 2 is 1.70 bits per heavy atom. The topological polar surface area (TPSA) is 83.5 Å². The molecule has 7 heteroatoms. The quantitative estimate of drug-likeness (QED) is 0.676. The van der Waals surface area contributed by atoms with E-state index in [0.29, 0.717) is 0 Å². The van der Waals surface area contributed by atoms with Gasteiger partial charge in [-0.15, -0.1) is 0 Å². The van der Waals surface area contributed by atoms with Crippen molar-refractivity contribution in [2.45, 2.75) is 42.9 Å². The van der Waals surface area contributed by atoms with Gasteiger partial charge in [0.05, 0.1) is 22.8 Å². The number of benzene rings is 2. The monoisotopic (exact) mass is 393 g/mol. The molecule has 0 heterocycles. The molecule has 27 heavy (non-hydrogen) atoms. The van der Waals surface area contributed by atoms with Crippen molar-refractivity contribution in [3.63, 3.8) is 0 Å². The first-order valence-electron chi connectivity index (χ1n) is 8.76. The first-order valence-corrected chi connectivity index (χ1v) is 10.3. The molecule has 2 aromatic carbocycles. The van der Waals surface area contributed by atoms with E-state index < -0.39 is 32.9 Å². The van der Waals surface area contributed by atoms with Gasteiger partial charge < -0.3 is 10.4 Å². The molecule has 2 N–H and O–H groups in total. The Bertz CT molecular complexity index is 864. The minimum absolute atomic E-state index is 0.0296. The van der Waals surface area contributed by atoms with Crippen molar-refractivity contribution in [3.05, 3.63) is 65.5 Å². The van der Waals surface area contributed by atoms with Crippen LogP contribution in [0.5, 0.6) is 0 Å². The van der Waals surface area contributed by atoms with Crippen molar-refractivity contribution in [1.82, 2.24) is 5.32 Å². The number of rotatable bonds is 8. The van der Waals surface area contributed by atoms with Crippen LogP contribution in [0.2, 0.25) is 0 Å². The number of hydrogen-bond donors (Lipinski definition) is 2. The average Bonchev–Trinajstić information content (AvgIpc) is 2.66. The van der Waals surface area contributed by atoms with Gasteiger partial charge in [-0.25, -0.2) is 12.8 Å². The highest BCUT2D eigenvalue weighted by Crippen LogP contribution is 2.20. The van der Waals surface area contributed by atoms with Gasteiger partial charge in [0.1, 0.15) is 5.82 Å². The molecule has 0 radical (unpaired) electrons. The third-order valence-corrected chi connectivity index (χ3v) is 6.61. The highest BCUT2D eigenvalue weighted by molar-refractivity contribution is 7.92. The lowest BCUT2D eigenvalue weighted by Gasteiger charge is -2.19. The number of carbonyl (C=O) groups is 1. The molecule has 2 aromatic rings. The fraction of sp³-hybridized carbons (Fsp3) is 0.350. The van der Waals surface area contributed by atoms with Gasteiger partial charge in [-0.1, -0.05) is 31.2 Å². The molecule has 0 bridgehead atoms. The smallest absolute Gasteiger partial charge is 0.221 e. The summed E-state index contributed by atoms with van der Waals surface area (Å²) in [6.45, 7) is 3.17. The highest BCUT2D eigenvalue weighted by atomic mass is 32.2. The maximum atomic E-state index is 13.0. The Morgan fingerprint density at radius 3 is 2.22 bits per heavy atom. The Hall–Kier alpha value is -2.25. The maximum absolute atomic E-state index is 13.0. The van der Waals surface area contributed by atoms with Gasteiger partial charge in [0.15, 0.2) is 9.84 Å². The van der Waals surface area contributed by atoms with Crippen molar-refractivity contribution < 1.29 is 22.7 Å². The molecule has 146 valence electrons. The van der Waals surface area contributed by atoms with Gasteiger partial charge in [0, 0.05) is 6.42 Å². The van der Waals surface area contributed by atoms with Crippen LogP contribution < -0.4 is 5.32 Å². The van der Waals surface area contributed by atoms with Crippen LogP contribution >= 0.6 is 0 Å². The van der Waals surface area contributed by atoms with Gasteiger partial charge >= 0.3 is 0 Å². The minimum atomic E-state index is -3.76. The van der Waals surface area contributed by atoms with E-state index in [1.54, 1.807) is 0 Å². The number of hydrogen-bond acceptors (Lipinski definition) is 4. The van der Waals surface area contributed by atoms with E-state index in [0.717, 1.165) is 29.7 Å².